The highest BCUT2D eigenvalue weighted by Gasteiger charge is 2.21. The Hall–Kier alpha value is -2.97. The van der Waals surface area contributed by atoms with Crippen molar-refractivity contribution in [2.24, 2.45) is 5.10 Å². The molecule has 2 N–H and O–H groups in total. The standard InChI is InChI=1S/C13H15N5O4/c19-12(8-17-7-1-2-13(17)20)14-9-15-16-10-3-5-11(6-4-10)18(21)22/h3-6,9,16H,1-2,7-8H2,(H,14,15,19). The van der Waals surface area contributed by atoms with Crippen LogP contribution in [0.15, 0.2) is 29.4 Å². The summed E-state index contributed by atoms with van der Waals surface area (Å²) in [5, 5.41) is 16.7. The fourth-order valence-electron chi connectivity index (χ4n) is 1.96. The quantitative estimate of drug-likeness (QED) is 0.347. The van der Waals surface area contributed by atoms with Gasteiger partial charge in [0.05, 0.1) is 17.2 Å². The largest absolute Gasteiger partial charge is 0.333 e. The van der Waals surface area contributed by atoms with E-state index in [4.69, 9.17) is 0 Å². The predicted molar refractivity (Wildman–Crippen MR) is 79.2 cm³/mol. The number of likely N-dealkylation sites (tertiary alicyclic amines) is 1. The summed E-state index contributed by atoms with van der Waals surface area (Å²) in [6, 6.07) is 5.69. The maximum atomic E-state index is 11.6. The zero-order chi connectivity index (χ0) is 15.9. The number of carbonyl (C=O) groups is 2. The van der Waals surface area contributed by atoms with E-state index >= 15 is 0 Å². The third kappa shape index (κ3) is 4.27. The summed E-state index contributed by atoms with van der Waals surface area (Å²) in [5.74, 6) is -0.347. The molecule has 9 heteroatoms. The number of nitro benzene ring substituents is 1. The SMILES string of the molecule is O=C(CN1CCCC1=O)N/C=N\Nc1ccc([N+](=O)[O-])cc1. The fourth-order valence-corrected chi connectivity index (χ4v) is 1.96. The van der Waals surface area contributed by atoms with E-state index in [9.17, 15) is 19.7 Å². The number of nitrogens with one attached hydrogen (secondary N) is 2. The van der Waals surface area contributed by atoms with Gasteiger partial charge in [0.2, 0.25) is 11.8 Å². The molecular weight excluding hydrogens is 290 g/mol. The summed E-state index contributed by atoms with van der Waals surface area (Å²) in [5.41, 5.74) is 3.15. The number of benzene rings is 1. The van der Waals surface area contributed by atoms with E-state index in [-0.39, 0.29) is 24.0 Å². The number of anilines is 1. The molecule has 1 fully saturated rings. The van der Waals surface area contributed by atoms with E-state index in [1.807, 2.05) is 0 Å². The van der Waals surface area contributed by atoms with Gasteiger partial charge in [0.1, 0.15) is 6.34 Å². The molecule has 0 radical (unpaired) electrons. The molecule has 1 aliphatic rings. The van der Waals surface area contributed by atoms with Crippen LogP contribution in [0.5, 0.6) is 0 Å². The number of non-ortho nitro benzene ring substituents is 1. The van der Waals surface area contributed by atoms with Crippen molar-refractivity contribution in [2.75, 3.05) is 18.5 Å². The van der Waals surface area contributed by atoms with Gasteiger partial charge in [-0.1, -0.05) is 0 Å². The van der Waals surface area contributed by atoms with Crippen molar-refractivity contribution in [2.45, 2.75) is 12.8 Å². The first-order valence-corrected chi connectivity index (χ1v) is 6.65. The summed E-state index contributed by atoms with van der Waals surface area (Å²) < 4.78 is 0. The van der Waals surface area contributed by atoms with Crippen molar-refractivity contribution in [3.63, 3.8) is 0 Å². The highest BCUT2D eigenvalue weighted by atomic mass is 16.6. The van der Waals surface area contributed by atoms with E-state index in [1.165, 1.54) is 35.5 Å². The van der Waals surface area contributed by atoms with E-state index in [2.05, 4.69) is 15.8 Å². The van der Waals surface area contributed by atoms with Crippen LogP contribution in [0.4, 0.5) is 11.4 Å². The molecule has 22 heavy (non-hydrogen) atoms. The number of nitro groups is 1. The average Bonchev–Trinajstić information content (AvgIpc) is 2.89. The van der Waals surface area contributed by atoms with Crippen molar-refractivity contribution in [3.8, 4) is 0 Å². The molecule has 2 amide bonds. The maximum Gasteiger partial charge on any atom is 0.269 e. The molecule has 0 aliphatic carbocycles. The van der Waals surface area contributed by atoms with E-state index in [1.54, 1.807) is 0 Å². The molecule has 1 aromatic carbocycles. The highest BCUT2D eigenvalue weighted by molar-refractivity contribution is 5.92. The van der Waals surface area contributed by atoms with Gasteiger partial charge < -0.3 is 10.2 Å². The fraction of sp³-hybridized carbons (Fsp3) is 0.308. The van der Waals surface area contributed by atoms with Crippen LogP contribution in [0.3, 0.4) is 0 Å². The summed E-state index contributed by atoms with van der Waals surface area (Å²) in [7, 11) is 0. The van der Waals surface area contributed by atoms with Crippen molar-refractivity contribution in [1.82, 2.24) is 10.2 Å². The maximum absolute atomic E-state index is 11.6. The van der Waals surface area contributed by atoms with Crippen molar-refractivity contribution >= 4 is 29.5 Å². The molecule has 1 aliphatic heterocycles. The number of hydrazone groups is 1. The van der Waals surface area contributed by atoms with Gasteiger partial charge in [0.25, 0.3) is 5.69 Å². The molecule has 0 atom stereocenters. The zero-order valence-corrected chi connectivity index (χ0v) is 11.7. The van der Waals surface area contributed by atoms with Gasteiger partial charge >= 0.3 is 0 Å². The van der Waals surface area contributed by atoms with Crippen LogP contribution in [0, 0.1) is 10.1 Å². The third-order valence-corrected chi connectivity index (χ3v) is 3.07. The smallest absolute Gasteiger partial charge is 0.269 e. The summed E-state index contributed by atoms with van der Waals surface area (Å²) in [6.07, 6.45) is 2.44. The number of hydrogen-bond donors (Lipinski definition) is 2. The second-order valence-corrected chi connectivity index (χ2v) is 4.66. The third-order valence-electron chi connectivity index (χ3n) is 3.07. The van der Waals surface area contributed by atoms with Crippen LogP contribution in [0.25, 0.3) is 0 Å². The van der Waals surface area contributed by atoms with Crippen molar-refractivity contribution in [3.05, 3.63) is 34.4 Å². The molecule has 0 aromatic heterocycles. The lowest BCUT2D eigenvalue weighted by atomic mass is 10.3. The Labute approximate surface area is 126 Å². The normalized spacial score (nSPS) is 14.4. The number of nitrogens with zero attached hydrogens (tertiary/aromatic N) is 3. The minimum absolute atomic E-state index is 0.0156. The van der Waals surface area contributed by atoms with Gasteiger partial charge in [0, 0.05) is 25.1 Å². The summed E-state index contributed by atoms with van der Waals surface area (Å²) in [6.45, 7) is 0.618. The van der Waals surface area contributed by atoms with Gasteiger partial charge in [-0.25, -0.2) is 0 Å². The summed E-state index contributed by atoms with van der Waals surface area (Å²) >= 11 is 0. The molecule has 0 spiro atoms. The summed E-state index contributed by atoms with van der Waals surface area (Å²) in [4.78, 5) is 34.4. The average molecular weight is 305 g/mol. The molecular formula is C13H15N5O4. The van der Waals surface area contributed by atoms with Crippen LogP contribution in [-0.4, -0.2) is 41.1 Å². The Morgan fingerprint density at radius 2 is 2.14 bits per heavy atom. The van der Waals surface area contributed by atoms with Crippen LogP contribution in [-0.2, 0) is 9.59 Å². The Balaban J connectivity index is 1.74. The van der Waals surface area contributed by atoms with Gasteiger partial charge in [-0.2, -0.15) is 5.10 Å². The lowest BCUT2D eigenvalue weighted by Gasteiger charge is -2.13. The number of amides is 2. The Bertz CT molecular complexity index is 599. The van der Waals surface area contributed by atoms with Gasteiger partial charge in [0.15, 0.2) is 0 Å². The van der Waals surface area contributed by atoms with Gasteiger partial charge in [-0.3, -0.25) is 25.1 Å². The number of carbonyl (C=O) groups excluding carboxylic acids is 2. The minimum Gasteiger partial charge on any atom is -0.333 e. The van der Waals surface area contributed by atoms with Gasteiger partial charge in [-0.15, -0.1) is 0 Å². The van der Waals surface area contributed by atoms with Crippen LogP contribution < -0.4 is 10.7 Å². The molecule has 1 saturated heterocycles. The van der Waals surface area contributed by atoms with E-state index < -0.39 is 4.92 Å². The van der Waals surface area contributed by atoms with Crippen LogP contribution in [0.2, 0.25) is 0 Å². The van der Waals surface area contributed by atoms with Gasteiger partial charge in [-0.05, 0) is 18.6 Å². The molecule has 1 aromatic rings. The molecule has 1 heterocycles. The second-order valence-electron chi connectivity index (χ2n) is 4.66. The predicted octanol–water partition coefficient (Wildman–Crippen LogP) is 0.689. The highest BCUT2D eigenvalue weighted by Crippen LogP contribution is 2.15. The zero-order valence-electron chi connectivity index (χ0n) is 11.7. The Morgan fingerprint density at radius 1 is 1.41 bits per heavy atom. The molecule has 116 valence electrons. The van der Waals surface area contributed by atoms with E-state index in [0.717, 1.165) is 6.42 Å². The topological polar surface area (TPSA) is 117 Å². The minimum atomic E-state index is -0.493. The monoisotopic (exact) mass is 305 g/mol. The lowest BCUT2D eigenvalue weighted by Crippen LogP contribution is -2.37. The molecule has 2 rings (SSSR count). The first-order valence-electron chi connectivity index (χ1n) is 6.65. The lowest BCUT2D eigenvalue weighted by molar-refractivity contribution is -0.384. The Kier molecular flexibility index (Phi) is 5.02. The molecule has 9 nitrogen and oxygen atoms in total. The first kappa shape index (κ1) is 15.4. The van der Waals surface area contributed by atoms with Crippen molar-refractivity contribution < 1.29 is 14.5 Å². The molecule has 0 unspecified atom stereocenters. The molecule has 0 bridgehead atoms. The van der Waals surface area contributed by atoms with E-state index in [0.29, 0.717) is 18.7 Å². The van der Waals surface area contributed by atoms with Crippen LogP contribution in [0.1, 0.15) is 12.8 Å². The number of hydrogen-bond acceptors (Lipinski definition) is 6. The Morgan fingerprint density at radius 3 is 2.73 bits per heavy atom. The van der Waals surface area contributed by atoms with Crippen LogP contribution >= 0.6 is 0 Å². The molecule has 0 saturated carbocycles. The number of rotatable bonds is 6. The first-order chi connectivity index (χ1) is 10.6. The van der Waals surface area contributed by atoms with Crippen molar-refractivity contribution in [1.29, 1.82) is 0 Å². The second kappa shape index (κ2) is 7.16.